The van der Waals surface area contributed by atoms with E-state index in [9.17, 15) is 24.8 Å². The average Bonchev–Trinajstić information content (AvgIpc) is 2.37. The molecule has 21 heavy (non-hydrogen) atoms. The third-order valence-electron chi connectivity index (χ3n) is 3.05. The maximum absolute atomic E-state index is 12.5. The molecule has 1 aromatic heterocycles. The quantitative estimate of drug-likeness (QED) is 0.505. The van der Waals surface area contributed by atoms with Crippen molar-refractivity contribution in [3.63, 3.8) is 0 Å². The van der Waals surface area contributed by atoms with Gasteiger partial charge in [-0.3, -0.25) is 14.9 Å². The van der Waals surface area contributed by atoms with Crippen molar-refractivity contribution in [1.29, 1.82) is 0 Å². The molecule has 1 amide bonds. The Balaban J connectivity index is 3.40. The van der Waals surface area contributed by atoms with Crippen molar-refractivity contribution < 1.29 is 19.6 Å². The number of aliphatic carboxylic acids is 1. The van der Waals surface area contributed by atoms with Gasteiger partial charge >= 0.3 is 11.7 Å². The minimum absolute atomic E-state index is 0.0647. The molecule has 1 rings (SSSR count). The molecule has 0 bridgehead atoms. The van der Waals surface area contributed by atoms with Crippen molar-refractivity contribution in [2.45, 2.75) is 26.3 Å². The molecular formula is C12H14ClN3O5. The van der Waals surface area contributed by atoms with Gasteiger partial charge < -0.3 is 10.0 Å². The Morgan fingerprint density at radius 2 is 2.10 bits per heavy atom. The Kier molecular flexibility index (Phi) is 4.84. The number of halogens is 1. The Labute approximate surface area is 125 Å². The van der Waals surface area contributed by atoms with Gasteiger partial charge in [-0.1, -0.05) is 11.6 Å². The van der Waals surface area contributed by atoms with Gasteiger partial charge in [0.1, 0.15) is 11.1 Å². The van der Waals surface area contributed by atoms with Crippen LogP contribution in [0.3, 0.4) is 0 Å². The molecule has 8 nitrogen and oxygen atoms in total. The maximum Gasteiger partial charge on any atom is 0.329 e. The van der Waals surface area contributed by atoms with Gasteiger partial charge in [0.05, 0.1) is 4.92 Å². The zero-order chi connectivity index (χ0) is 16.4. The highest BCUT2D eigenvalue weighted by Crippen LogP contribution is 2.29. The van der Waals surface area contributed by atoms with E-state index in [1.807, 2.05) is 0 Å². The Morgan fingerprint density at radius 3 is 2.52 bits per heavy atom. The molecule has 114 valence electrons. The van der Waals surface area contributed by atoms with Crippen LogP contribution in [0.2, 0.25) is 5.15 Å². The highest BCUT2D eigenvalue weighted by atomic mass is 35.5. The molecule has 0 aromatic carbocycles. The lowest BCUT2D eigenvalue weighted by atomic mass is 10.0. The predicted octanol–water partition coefficient (Wildman–Crippen LogP) is 1.97. The number of likely N-dealkylation sites (N-methyl/N-ethyl adjacent to an activating group) is 1. The van der Waals surface area contributed by atoms with Gasteiger partial charge in [-0.25, -0.2) is 9.78 Å². The Morgan fingerprint density at radius 1 is 1.52 bits per heavy atom. The first-order chi connectivity index (χ1) is 9.64. The summed E-state index contributed by atoms with van der Waals surface area (Å²) >= 11 is 5.65. The number of amides is 1. The monoisotopic (exact) mass is 315 g/mol. The number of carboxylic acid groups (broad SMARTS) is 1. The van der Waals surface area contributed by atoms with Crippen molar-refractivity contribution in [3.8, 4) is 0 Å². The summed E-state index contributed by atoms with van der Waals surface area (Å²) in [7, 11) is 0. The lowest BCUT2D eigenvalue weighted by molar-refractivity contribution is -0.385. The molecule has 0 spiro atoms. The second kappa shape index (κ2) is 6.04. The minimum Gasteiger partial charge on any atom is -0.480 e. The largest absolute Gasteiger partial charge is 0.480 e. The van der Waals surface area contributed by atoms with E-state index >= 15 is 0 Å². The van der Waals surface area contributed by atoms with Crippen molar-refractivity contribution in [1.82, 2.24) is 9.88 Å². The number of carbonyl (C=O) groups excluding carboxylic acids is 1. The lowest BCUT2D eigenvalue weighted by Crippen LogP contribution is -2.53. The molecular weight excluding hydrogens is 302 g/mol. The Bertz CT molecular complexity index is 603. The third kappa shape index (κ3) is 3.10. The number of nitrogens with zero attached hydrogens (tertiary/aromatic N) is 3. The van der Waals surface area contributed by atoms with Crippen LogP contribution in [0.15, 0.2) is 12.3 Å². The summed E-state index contributed by atoms with van der Waals surface area (Å²) in [4.78, 5) is 38.6. The molecule has 0 aliphatic rings. The number of rotatable bonds is 5. The SMILES string of the molecule is CCN(C(=O)c1ccnc(Cl)c1[N+](=O)[O-])C(C)(C)C(=O)O. The van der Waals surface area contributed by atoms with Gasteiger partial charge in [-0.05, 0) is 26.8 Å². The first-order valence-corrected chi connectivity index (χ1v) is 6.36. The van der Waals surface area contributed by atoms with Crippen LogP contribution in [0, 0.1) is 10.1 Å². The van der Waals surface area contributed by atoms with Gasteiger partial charge in [0.2, 0.25) is 5.15 Å². The van der Waals surface area contributed by atoms with Crippen molar-refractivity contribution in [2.24, 2.45) is 0 Å². The Hall–Kier alpha value is -2.22. The fraction of sp³-hybridized carbons (Fsp3) is 0.417. The molecule has 0 aliphatic heterocycles. The second-order valence-electron chi connectivity index (χ2n) is 4.67. The van der Waals surface area contributed by atoms with Gasteiger partial charge in [0.15, 0.2) is 0 Å². The summed E-state index contributed by atoms with van der Waals surface area (Å²) in [5, 5.41) is 19.8. The highest BCUT2D eigenvalue weighted by molar-refractivity contribution is 6.32. The molecule has 0 fully saturated rings. The fourth-order valence-corrected chi connectivity index (χ4v) is 2.06. The minimum atomic E-state index is -1.52. The summed E-state index contributed by atoms with van der Waals surface area (Å²) in [5.41, 5.74) is -2.45. The van der Waals surface area contributed by atoms with E-state index in [1.54, 1.807) is 6.92 Å². The number of aromatic nitrogens is 1. The molecule has 0 unspecified atom stereocenters. The number of carbonyl (C=O) groups is 2. The molecule has 1 heterocycles. The summed E-state index contributed by atoms with van der Waals surface area (Å²) in [6.45, 7) is 4.32. The van der Waals surface area contributed by atoms with Crippen molar-refractivity contribution in [2.75, 3.05) is 6.54 Å². The van der Waals surface area contributed by atoms with Crippen LogP contribution in [0.1, 0.15) is 31.1 Å². The van der Waals surface area contributed by atoms with Crippen LogP contribution in [0.25, 0.3) is 0 Å². The summed E-state index contributed by atoms with van der Waals surface area (Å²) in [6.07, 6.45) is 1.16. The number of carboxylic acids is 1. The highest BCUT2D eigenvalue weighted by Gasteiger charge is 2.39. The van der Waals surface area contributed by atoms with Crippen LogP contribution >= 0.6 is 11.6 Å². The van der Waals surface area contributed by atoms with Gasteiger partial charge in [0.25, 0.3) is 5.91 Å². The van der Waals surface area contributed by atoms with E-state index in [1.165, 1.54) is 13.8 Å². The van der Waals surface area contributed by atoms with Crippen LogP contribution in [-0.4, -0.2) is 43.9 Å². The smallest absolute Gasteiger partial charge is 0.329 e. The van der Waals surface area contributed by atoms with Crippen LogP contribution < -0.4 is 0 Å². The van der Waals surface area contributed by atoms with Crippen molar-refractivity contribution in [3.05, 3.63) is 33.1 Å². The number of nitro groups is 1. The maximum atomic E-state index is 12.5. The zero-order valence-electron chi connectivity index (χ0n) is 11.7. The topological polar surface area (TPSA) is 114 Å². The second-order valence-corrected chi connectivity index (χ2v) is 5.03. The molecule has 0 atom stereocenters. The van der Waals surface area contributed by atoms with E-state index < -0.39 is 33.2 Å². The van der Waals surface area contributed by atoms with E-state index in [0.717, 1.165) is 17.2 Å². The van der Waals surface area contributed by atoms with Gasteiger partial charge in [-0.15, -0.1) is 0 Å². The van der Waals surface area contributed by atoms with E-state index in [0.29, 0.717) is 0 Å². The standard InChI is InChI=1S/C12H14ClN3O5/c1-4-15(12(2,3)11(18)19)10(17)7-5-6-14-9(13)8(7)16(20)21/h5-6H,4H2,1-3H3,(H,18,19). The van der Waals surface area contributed by atoms with E-state index in [4.69, 9.17) is 11.6 Å². The molecule has 0 saturated heterocycles. The third-order valence-corrected chi connectivity index (χ3v) is 3.33. The van der Waals surface area contributed by atoms with Crippen LogP contribution in [0.5, 0.6) is 0 Å². The molecule has 0 aliphatic carbocycles. The van der Waals surface area contributed by atoms with Gasteiger partial charge in [0, 0.05) is 12.7 Å². The van der Waals surface area contributed by atoms with Gasteiger partial charge in [-0.2, -0.15) is 0 Å². The molecule has 0 radical (unpaired) electrons. The molecule has 1 aromatic rings. The van der Waals surface area contributed by atoms with E-state index in [2.05, 4.69) is 4.98 Å². The molecule has 0 saturated carbocycles. The number of hydrogen-bond donors (Lipinski definition) is 1. The number of hydrogen-bond acceptors (Lipinski definition) is 5. The van der Waals surface area contributed by atoms with E-state index in [-0.39, 0.29) is 12.1 Å². The zero-order valence-corrected chi connectivity index (χ0v) is 12.4. The summed E-state index contributed by atoms with van der Waals surface area (Å²) in [5.74, 6) is -2.01. The first kappa shape index (κ1) is 16.8. The summed E-state index contributed by atoms with van der Waals surface area (Å²) in [6, 6.07) is 1.15. The number of pyridine rings is 1. The average molecular weight is 316 g/mol. The van der Waals surface area contributed by atoms with Crippen LogP contribution in [0.4, 0.5) is 5.69 Å². The fourth-order valence-electron chi connectivity index (χ4n) is 1.83. The van der Waals surface area contributed by atoms with Crippen LogP contribution in [-0.2, 0) is 4.79 Å². The lowest BCUT2D eigenvalue weighted by Gasteiger charge is -2.34. The first-order valence-electron chi connectivity index (χ1n) is 5.98. The van der Waals surface area contributed by atoms with Crippen molar-refractivity contribution >= 4 is 29.2 Å². The normalized spacial score (nSPS) is 11.0. The molecule has 9 heteroatoms. The summed E-state index contributed by atoms with van der Waals surface area (Å²) < 4.78 is 0. The predicted molar refractivity (Wildman–Crippen MR) is 74.3 cm³/mol. The molecule has 1 N–H and O–H groups in total.